The molecule has 2 rings (SSSR count). The van der Waals surface area contributed by atoms with Crippen LogP contribution >= 0.6 is 23.4 Å². The molecule has 0 saturated heterocycles. The summed E-state index contributed by atoms with van der Waals surface area (Å²) in [5.41, 5.74) is 2.03. The second kappa shape index (κ2) is 9.41. The van der Waals surface area contributed by atoms with E-state index in [-0.39, 0.29) is 10.5 Å². The van der Waals surface area contributed by atoms with Crippen LogP contribution in [0.1, 0.15) is 21.5 Å². The van der Waals surface area contributed by atoms with E-state index >= 15 is 0 Å². The van der Waals surface area contributed by atoms with Crippen molar-refractivity contribution in [2.75, 3.05) is 19.4 Å². The summed E-state index contributed by atoms with van der Waals surface area (Å²) >= 11 is 7.46. The van der Waals surface area contributed by atoms with Gasteiger partial charge in [0.1, 0.15) is 0 Å². The van der Waals surface area contributed by atoms with Crippen LogP contribution in [0.15, 0.2) is 47.4 Å². The molecule has 0 aliphatic carbocycles. The minimum Gasteiger partial charge on any atom is -0.465 e. The highest BCUT2D eigenvalue weighted by Crippen LogP contribution is 2.17. The number of aryl methyl sites for hydroxylation is 1. The molecule has 0 spiro atoms. The van der Waals surface area contributed by atoms with E-state index in [1.807, 2.05) is 24.3 Å². The van der Waals surface area contributed by atoms with Crippen LogP contribution in [0.2, 0.25) is 5.02 Å². The second-order valence-corrected chi connectivity index (χ2v) is 8.85. The van der Waals surface area contributed by atoms with E-state index in [0.29, 0.717) is 22.9 Å². The number of methoxy groups -OCH3 is 1. The molecule has 0 amide bonds. The Labute approximate surface area is 163 Å². The fraction of sp³-hybridized carbons (Fsp3) is 0.278. The van der Waals surface area contributed by atoms with Gasteiger partial charge in [-0.25, -0.2) is 17.9 Å². The molecule has 5 nitrogen and oxygen atoms in total. The van der Waals surface area contributed by atoms with Gasteiger partial charge in [0.05, 0.1) is 17.6 Å². The largest absolute Gasteiger partial charge is 0.465 e. The summed E-state index contributed by atoms with van der Waals surface area (Å²) in [5.74, 6) is 0.839. The zero-order valence-corrected chi connectivity index (χ0v) is 16.9. The molecule has 0 atom stereocenters. The first-order valence-electron chi connectivity index (χ1n) is 7.84. The highest BCUT2D eigenvalue weighted by Gasteiger charge is 2.18. The molecule has 140 valence electrons. The molecule has 0 aromatic heterocycles. The van der Waals surface area contributed by atoms with Gasteiger partial charge in [-0.15, -0.1) is 0 Å². The van der Waals surface area contributed by atoms with Crippen LogP contribution in [0, 0.1) is 6.92 Å². The number of halogens is 1. The lowest BCUT2D eigenvalue weighted by Crippen LogP contribution is -2.26. The zero-order valence-electron chi connectivity index (χ0n) is 14.5. The lowest BCUT2D eigenvalue weighted by molar-refractivity contribution is 0.0599. The van der Waals surface area contributed by atoms with Crippen LogP contribution in [0.25, 0.3) is 0 Å². The Kier molecular flexibility index (Phi) is 7.52. The number of thioether (sulfide) groups is 1. The average molecular weight is 414 g/mol. The maximum absolute atomic E-state index is 12.4. The first kappa shape index (κ1) is 20.8. The molecular formula is C18H20ClNO4S2. The quantitative estimate of drug-likeness (QED) is 0.528. The summed E-state index contributed by atoms with van der Waals surface area (Å²) in [6.45, 7) is 2.02. The summed E-state index contributed by atoms with van der Waals surface area (Å²) < 4.78 is 32.0. The number of nitrogens with one attached hydrogen (secondary N) is 1. The van der Waals surface area contributed by atoms with Crippen LogP contribution < -0.4 is 4.72 Å². The van der Waals surface area contributed by atoms with Crippen molar-refractivity contribution in [3.05, 3.63) is 64.2 Å². The molecule has 0 aliphatic rings. The van der Waals surface area contributed by atoms with Gasteiger partial charge in [0.2, 0.25) is 10.0 Å². The number of esters is 1. The van der Waals surface area contributed by atoms with Crippen LogP contribution in [-0.4, -0.2) is 33.8 Å². The van der Waals surface area contributed by atoms with Crippen molar-refractivity contribution in [3.8, 4) is 0 Å². The Hall–Kier alpha value is -1.54. The predicted molar refractivity (Wildman–Crippen MR) is 105 cm³/mol. The van der Waals surface area contributed by atoms with E-state index in [2.05, 4.69) is 9.46 Å². The van der Waals surface area contributed by atoms with Gasteiger partial charge in [0.25, 0.3) is 0 Å². The van der Waals surface area contributed by atoms with Crippen molar-refractivity contribution in [1.29, 1.82) is 0 Å². The van der Waals surface area contributed by atoms with Gasteiger partial charge >= 0.3 is 5.97 Å². The molecule has 2 aromatic rings. The Balaban J connectivity index is 1.90. The number of hydrogen-bond acceptors (Lipinski definition) is 5. The van der Waals surface area contributed by atoms with Crippen LogP contribution in [-0.2, 0) is 20.5 Å². The maximum atomic E-state index is 12.4. The Bertz CT molecular complexity index is 867. The number of rotatable bonds is 8. The number of sulfonamides is 1. The van der Waals surface area contributed by atoms with Crippen molar-refractivity contribution in [2.45, 2.75) is 17.6 Å². The van der Waals surface area contributed by atoms with Gasteiger partial charge in [0, 0.05) is 23.1 Å². The Morgan fingerprint density at radius 1 is 1.19 bits per heavy atom. The van der Waals surface area contributed by atoms with Gasteiger partial charge in [-0.3, -0.25) is 0 Å². The fourth-order valence-electron chi connectivity index (χ4n) is 2.20. The summed E-state index contributed by atoms with van der Waals surface area (Å²) in [6, 6.07) is 12.0. The van der Waals surface area contributed by atoms with Crippen LogP contribution in [0.3, 0.4) is 0 Å². The molecule has 0 bridgehead atoms. The third-order valence-corrected chi connectivity index (χ3v) is 6.39. The number of carbonyl (C=O) groups excluding carboxylic acids is 1. The lowest BCUT2D eigenvalue weighted by Gasteiger charge is -2.10. The molecule has 0 radical (unpaired) electrons. The zero-order chi connectivity index (χ0) is 19.2. The fourth-order valence-corrected chi connectivity index (χ4v) is 4.33. The van der Waals surface area contributed by atoms with E-state index in [1.165, 1.54) is 19.2 Å². The van der Waals surface area contributed by atoms with Gasteiger partial charge in [0.15, 0.2) is 0 Å². The smallest absolute Gasteiger partial charge is 0.338 e. The normalized spacial score (nSPS) is 11.3. The lowest BCUT2D eigenvalue weighted by atomic mass is 10.1. The predicted octanol–water partition coefficient (Wildman–Crippen LogP) is 3.65. The summed E-state index contributed by atoms with van der Waals surface area (Å²) in [7, 11) is -2.42. The molecule has 0 aliphatic heterocycles. The molecule has 0 fully saturated rings. The number of ether oxygens (including phenoxy) is 1. The van der Waals surface area contributed by atoms with Crippen molar-refractivity contribution in [3.63, 3.8) is 0 Å². The third-order valence-electron chi connectivity index (χ3n) is 3.65. The highest BCUT2D eigenvalue weighted by molar-refractivity contribution is 7.98. The van der Waals surface area contributed by atoms with E-state index in [1.54, 1.807) is 24.8 Å². The average Bonchev–Trinajstić information content (AvgIpc) is 2.62. The van der Waals surface area contributed by atoms with Crippen LogP contribution in [0.4, 0.5) is 0 Å². The van der Waals surface area contributed by atoms with Crippen molar-refractivity contribution in [2.24, 2.45) is 0 Å². The molecule has 2 aromatic carbocycles. The molecule has 0 unspecified atom stereocenters. The van der Waals surface area contributed by atoms with Crippen molar-refractivity contribution < 1.29 is 17.9 Å². The topological polar surface area (TPSA) is 72.5 Å². The third kappa shape index (κ3) is 5.74. The van der Waals surface area contributed by atoms with E-state index in [4.69, 9.17) is 11.6 Å². The van der Waals surface area contributed by atoms with Gasteiger partial charge in [-0.05, 0) is 42.3 Å². The van der Waals surface area contributed by atoms with Crippen molar-refractivity contribution >= 4 is 39.4 Å². The van der Waals surface area contributed by atoms with Gasteiger partial charge < -0.3 is 4.74 Å². The Morgan fingerprint density at radius 3 is 2.54 bits per heavy atom. The van der Waals surface area contributed by atoms with Crippen molar-refractivity contribution in [1.82, 2.24) is 4.72 Å². The molecule has 0 heterocycles. The molecule has 8 heteroatoms. The summed E-state index contributed by atoms with van der Waals surface area (Å²) in [4.78, 5) is 11.8. The molecule has 0 saturated carbocycles. The standard InChI is InChI=1S/C18H20ClNO4S2/c1-13-3-8-16(11-17(13)18(21)24-2)26(22,23)20-9-10-25-12-14-4-6-15(19)7-5-14/h3-8,11,20H,9-10,12H2,1-2H3. The van der Waals surface area contributed by atoms with Gasteiger partial charge in [-0.1, -0.05) is 29.8 Å². The van der Waals surface area contributed by atoms with Gasteiger partial charge in [-0.2, -0.15) is 11.8 Å². The minimum atomic E-state index is -3.68. The second-order valence-electron chi connectivity index (χ2n) is 5.55. The molecule has 1 N–H and O–H groups in total. The first-order valence-corrected chi connectivity index (χ1v) is 10.9. The monoisotopic (exact) mass is 413 g/mol. The number of benzene rings is 2. The van der Waals surface area contributed by atoms with E-state index in [9.17, 15) is 13.2 Å². The summed E-state index contributed by atoms with van der Waals surface area (Å²) in [6.07, 6.45) is 0. The van der Waals surface area contributed by atoms with Crippen LogP contribution in [0.5, 0.6) is 0 Å². The molecular weight excluding hydrogens is 394 g/mol. The van der Waals surface area contributed by atoms with E-state index in [0.717, 1.165) is 11.3 Å². The first-order chi connectivity index (χ1) is 12.3. The SMILES string of the molecule is COC(=O)c1cc(S(=O)(=O)NCCSCc2ccc(Cl)cc2)ccc1C. The Morgan fingerprint density at radius 2 is 1.88 bits per heavy atom. The molecule has 26 heavy (non-hydrogen) atoms. The maximum Gasteiger partial charge on any atom is 0.338 e. The minimum absolute atomic E-state index is 0.0474. The highest BCUT2D eigenvalue weighted by atomic mass is 35.5. The summed E-state index contributed by atoms with van der Waals surface area (Å²) in [5, 5.41) is 0.691. The number of hydrogen-bond donors (Lipinski definition) is 1. The number of carbonyl (C=O) groups is 1. The van der Waals surface area contributed by atoms with E-state index < -0.39 is 16.0 Å².